The Bertz CT molecular complexity index is 7.51. The first-order valence-corrected chi connectivity index (χ1v) is 4.50. The van der Waals surface area contributed by atoms with Crippen molar-refractivity contribution in [3.63, 3.8) is 0 Å². The van der Waals surface area contributed by atoms with Gasteiger partial charge in [-0.2, -0.15) is 0 Å². The van der Waals surface area contributed by atoms with Gasteiger partial charge in [0.25, 0.3) is 0 Å². The zero-order chi connectivity index (χ0) is 2.00. The first-order valence-electron chi connectivity index (χ1n) is 0.289. The Balaban J connectivity index is -0.000000000833. The summed E-state index contributed by atoms with van der Waals surface area (Å²) in [4.78, 5) is 0. The molecule has 40 valence electrons. The summed E-state index contributed by atoms with van der Waals surface area (Å²) in [5.74, 6) is 0. The van der Waals surface area contributed by atoms with E-state index in [-0.39, 0.29) is 21.9 Å². The van der Waals surface area contributed by atoms with E-state index in [9.17, 15) is 0 Å². The summed E-state index contributed by atoms with van der Waals surface area (Å²) in [6.07, 6.45) is 0. The molecule has 0 aromatic rings. The molecule has 0 aromatic carbocycles. The molecule has 0 heterocycles. The zero-order valence-corrected chi connectivity index (χ0v) is 6.90. The van der Waals surface area contributed by atoms with E-state index in [1.54, 1.807) is 0 Å². The molecule has 0 saturated heterocycles. The molecule has 0 saturated carbocycles. The summed E-state index contributed by atoms with van der Waals surface area (Å²) in [5.41, 5.74) is 0. The normalized spacial score (nSPS) is 1.00. The van der Waals surface area contributed by atoms with Crippen molar-refractivity contribution < 1.29 is 38.5 Å². The number of hydrogen-bond donors (Lipinski definition) is 0. The van der Waals surface area contributed by atoms with Gasteiger partial charge in [0, 0.05) is 0 Å². The van der Waals surface area contributed by atoms with Crippen molar-refractivity contribution in [3.8, 4) is 0 Å². The van der Waals surface area contributed by atoms with Crippen molar-refractivity contribution in [3.05, 3.63) is 0 Å². The Kier molecular flexibility index (Phi) is 3390. The minimum absolute atomic E-state index is 0. The van der Waals surface area contributed by atoms with Gasteiger partial charge in [-0.25, -0.2) is 0 Å². The molecule has 6 heavy (non-hydrogen) atoms. The van der Waals surface area contributed by atoms with Gasteiger partial charge in [-0.15, -0.1) is 0 Å². The summed E-state index contributed by atoms with van der Waals surface area (Å²) in [6, 6.07) is 0. The van der Waals surface area contributed by atoms with Crippen molar-refractivity contribution >= 4 is 10.1 Å². The average molecular weight is 170 g/mol. The van der Waals surface area contributed by atoms with Gasteiger partial charge in [-0.05, 0) is 0 Å². The van der Waals surface area contributed by atoms with Crippen LogP contribution in [-0.2, 0) is 16.6 Å². The van der Waals surface area contributed by atoms with Gasteiger partial charge in [0.15, 0.2) is 0 Å². The molecule has 0 aliphatic heterocycles. The van der Waals surface area contributed by atoms with E-state index in [2.05, 4.69) is 10.1 Å². The molecule has 0 fully saturated rings. The van der Waals surface area contributed by atoms with Crippen LogP contribution in [0.1, 0.15) is 0 Å². The van der Waals surface area contributed by atoms with Gasteiger partial charge >= 0.3 is 26.7 Å². The molecule has 0 aliphatic rings. The molecule has 0 unspecified atom stereocenters. The Morgan fingerprint density at radius 3 is 0.667 bits per heavy atom. The minimum atomic E-state index is 0. The van der Waals surface area contributed by atoms with Crippen LogP contribution in [0, 0.1) is 0 Å². The summed E-state index contributed by atoms with van der Waals surface area (Å²) in [5, 5.41) is 0. The number of hydrogen-bond acceptors (Lipinski definition) is 1. The molecule has 0 aliphatic carbocycles. The fourth-order valence-corrected chi connectivity index (χ4v) is 0. The topological polar surface area (TPSA) is 126 Å². The first-order chi connectivity index (χ1) is 1.00. The molecule has 8 N–H and O–H groups in total. The van der Waals surface area contributed by atoms with Gasteiger partial charge in [0.2, 0.25) is 0 Å². The second-order valence-electron chi connectivity index (χ2n) is 0. The van der Waals surface area contributed by atoms with E-state index in [1.165, 1.54) is 0 Å². The van der Waals surface area contributed by atoms with E-state index in [1.807, 2.05) is 0 Å². The molecule has 0 atom stereocenters. The fraction of sp³-hybridized carbons (Fsp3) is 0. The molecular weight excluding hydrogens is 161 g/mol. The van der Waals surface area contributed by atoms with Crippen LogP contribution >= 0.6 is 10.1 Å². The van der Waals surface area contributed by atoms with Gasteiger partial charge in [0.1, 0.15) is 0 Å². The molecule has 0 bridgehead atoms. The van der Waals surface area contributed by atoms with E-state index in [4.69, 9.17) is 0 Å². The summed E-state index contributed by atoms with van der Waals surface area (Å²) < 4.78 is 0. The maximum absolute atomic E-state index is 4.21. The zero-order valence-electron chi connectivity index (χ0n) is 3.12. The van der Waals surface area contributed by atoms with E-state index in [0.717, 1.165) is 16.6 Å². The van der Waals surface area contributed by atoms with E-state index < -0.39 is 0 Å². The quantitative estimate of drug-likeness (QED) is 0.361. The molecule has 0 rings (SSSR count). The molecule has 4 nitrogen and oxygen atoms in total. The molecule has 0 amide bonds. The van der Waals surface area contributed by atoms with E-state index in [0.29, 0.717) is 0 Å². The fourth-order valence-electron chi connectivity index (χ4n) is 0. The van der Waals surface area contributed by atoms with E-state index >= 15 is 0 Å². The monoisotopic (exact) mass is 168 g/mol. The van der Waals surface area contributed by atoms with Crippen LogP contribution in [0.4, 0.5) is 0 Å². The van der Waals surface area contributed by atoms with Crippen LogP contribution in [0.2, 0.25) is 0 Å². The predicted octanol–water partition coefficient (Wildman–Crippen LogP) is -2.65. The van der Waals surface area contributed by atoms with Crippen LogP contribution in [0.15, 0.2) is 0 Å². The summed E-state index contributed by atoms with van der Waals surface area (Å²) in [7, 11) is 4.21. The van der Waals surface area contributed by atoms with Crippen LogP contribution in [0.3, 0.4) is 0 Å². The molecule has 0 radical (unpaired) electrons. The number of rotatable bonds is 0. The van der Waals surface area contributed by atoms with Gasteiger partial charge in [-0.1, -0.05) is 0 Å². The van der Waals surface area contributed by atoms with Crippen LogP contribution in [0.25, 0.3) is 0 Å². The van der Waals surface area contributed by atoms with Crippen molar-refractivity contribution in [2.45, 2.75) is 0 Å². The second-order valence-corrected chi connectivity index (χ2v) is 0. The van der Waals surface area contributed by atoms with Crippen LogP contribution in [-0.4, -0.2) is 21.9 Å². The Labute approximate surface area is 49.1 Å². The van der Waals surface area contributed by atoms with Crippen molar-refractivity contribution in [2.75, 3.05) is 0 Å². The third-order valence-electron chi connectivity index (χ3n) is 0. The second kappa shape index (κ2) is 267. The van der Waals surface area contributed by atoms with Crippen LogP contribution < -0.4 is 0 Å². The summed E-state index contributed by atoms with van der Waals surface area (Å²) >= 11 is 0.958. The Hall–Kier alpha value is 0.683. The predicted molar refractivity (Wildman–Crippen MR) is 22.0 cm³/mol. The third-order valence-corrected chi connectivity index (χ3v) is 0. The Morgan fingerprint density at radius 2 is 0.667 bits per heavy atom. The van der Waals surface area contributed by atoms with Crippen LogP contribution in [0.5, 0.6) is 0 Å². The molecule has 0 aromatic heterocycles. The summed E-state index contributed by atoms with van der Waals surface area (Å²) in [6.45, 7) is 0. The van der Waals surface area contributed by atoms with Crippen molar-refractivity contribution in [1.29, 1.82) is 0 Å². The maximum atomic E-state index is 4.21. The molecule has 0 spiro atoms. The average Bonchev–Trinajstić information content (AvgIpc) is 1.00. The van der Waals surface area contributed by atoms with Gasteiger partial charge in [0.05, 0.1) is 0 Å². The van der Waals surface area contributed by atoms with Gasteiger partial charge < -0.3 is 21.9 Å². The Morgan fingerprint density at radius 1 is 0.667 bits per heavy atom. The molecule has 6 heteroatoms. The standard InChI is InChI=1S/4H2O.S.Zn/h4*1H2;;. The van der Waals surface area contributed by atoms with Crippen molar-refractivity contribution in [2.24, 2.45) is 0 Å². The van der Waals surface area contributed by atoms with Crippen molar-refractivity contribution in [1.82, 2.24) is 0 Å². The SMILES string of the molecule is O.O.O.O.[S]=[Zn]. The van der Waals surface area contributed by atoms with Gasteiger partial charge in [-0.3, -0.25) is 0 Å². The first kappa shape index (κ1) is 76.2. The molecular formula is H8O4SZn. The third kappa shape index (κ3) is 136.